The molecule has 0 saturated carbocycles. The van der Waals surface area contributed by atoms with Gasteiger partial charge in [-0.25, -0.2) is 4.98 Å². The number of thiocarbonyl (C=S) groups is 1. The van der Waals surface area contributed by atoms with Gasteiger partial charge >= 0.3 is 0 Å². The average molecular weight is 361 g/mol. The molecule has 4 aromatic rings. The Kier molecular flexibility index (Phi) is 4.25. The van der Waals surface area contributed by atoms with Gasteiger partial charge in [0.1, 0.15) is 11.3 Å². The number of anilines is 2. The minimum atomic E-state index is 0.212. The van der Waals surface area contributed by atoms with Crippen molar-refractivity contribution in [3.8, 4) is 17.2 Å². The number of hydrogen-bond acceptors (Lipinski definition) is 4. The number of para-hydroxylation sites is 2. The quantitative estimate of drug-likeness (QED) is 0.352. The largest absolute Gasteiger partial charge is 0.508 e. The number of fused-ring (bicyclic) bond motifs is 1. The summed E-state index contributed by atoms with van der Waals surface area (Å²) in [6, 6.07) is 22.0. The fourth-order valence-corrected chi connectivity index (χ4v) is 2.77. The van der Waals surface area contributed by atoms with Gasteiger partial charge in [0.2, 0.25) is 5.89 Å². The lowest BCUT2D eigenvalue weighted by atomic mass is 10.2. The van der Waals surface area contributed by atoms with Crippen molar-refractivity contribution >= 4 is 39.8 Å². The number of hydrogen-bond donors (Lipinski definition) is 3. The van der Waals surface area contributed by atoms with Gasteiger partial charge in [-0.2, -0.15) is 0 Å². The highest BCUT2D eigenvalue weighted by molar-refractivity contribution is 7.80. The van der Waals surface area contributed by atoms with Gasteiger partial charge in [-0.15, -0.1) is 0 Å². The highest BCUT2D eigenvalue weighted by Crippen LogP contribution is 2.25. The Morgan fingerprint density at radius 2 is 1.46 bits per heavy atom. The second-order valence-electron chi connectivity index (χ2n) is 5.69. The molecule has 1 aromatic heterocycles. The summed E-state index contributed by atoms with van der Waals surface area (Å²) >= 11 is 5.31. The zero-order valence-electron chi connectivity index (χ0n) is 13.6. The van der Waals surface area contributed by atoms with E-state index in [0.29, 0.717) is 11.0 Å². The van der Waals surface area contributed by atoms with Crippen LogP contribution in [0.1, 0.15) is 0 Å². The fourth-order valence-electron chi connectivity index (χ4n) is 2.53. The van der Waals surface area contributed by atoms with Gasteiger partial charge in [0, 0.05) is 16.9 Å². The molecule has 0 aliphatic rings. The maximum Gasteiger partial charge on any atom is 0.227 e. The number of aromatic hydroxyl groups is 1. The Morgan fingerprint density at radius 3 is 2.12 bits per heavy atom. The van der Waals surface area contributed by atoms with Crippen LogP contribution in [0, 0.1) is 0 Å². The van der Waals surface area contributed by atoms with Crippen molar-refractivity contribution < 1.29 is 9.52 Å². The lowest BCUT2D eigenvalue weighted by Gasteiger charge is -2.10. The molecule has 0 bridgehead atoms. The molecule has 0 atom stereocenters. The molecular formula is C20H15N3O2S. The molecule has 26 heavy (non-hydrogen) atoms. The zero-order valence-corrected chi connectivity index (χ0v) is 14.5. The van der Waals surface area contributed by atoms with Crippen LogP contribution in [-0.4, -0.2) is 15.2 Å². The van der Waals surface area contributed by atoms with Crippen molar-refractivity contribution in [3.05, 3.63) is 72.8 Å². The molecule has 6 heteroatoms. The molecule has 3 N–H and O–H groups in total. The molecule has 0 fully saturated rings. The summed E-state index contributed by atoms with van der Waals surface area (Å²) < 4.78 is 5.77. The number of phenols is 1. The summed E-state index contributed by atoms with van der Waals surface area (Å²) in [5.41, 5.74) is 4.14. The van der Waals surface area contributed by atoms with Crippen LogP contribution >= 0.6 is 12.2 Å². The van der Waals surface area contributed by atoms with E-state index in [-0.39, 0.29) is 5.75 Å². The van der Waals surface area contributed by atoms with Crippen molar-refractivity contribution in [1.82, 2.24) is 4.98 Å². The Hall–Kier alpha value is -3.38. The number of benzene rings is 3. The molecule has 5 nitrogen and oxygen atoms in total. The summed E-state index contributed by atoms with van der Waals surface area (Å²) in [5.74, 6) is 0.798. The smallest absolute Gasteiger partial charge is 0.227 e. The van der Waals surface area contributed by atoms with Gasteiger partial charge < -0.3 is 20.2 Å². The summed E-state index contributed by atoms with van der Waals surface area (Å²) in [6.07, 6.45) is 0. The van der Waals surface area contributed by atoms with E-state index in [2.05, 4.69) is 15.6 Å². The van der Waals surface area contributed by atoms with Gasteiger partial charge in [0.05, 0.1) is 0 Å². The molecule has 0 radical (unpaired) electrons. The van der Waals surface area contributed by atoms with E-state index >= 15 is 0 Å². The second kappa shape index (κ2) is 6.85. The minimum Gasteiger partial charge on any atom is -0.508 e. The van der Waals surface area contributed by atoms with Gasteiger partial charge in [0.25, 0.3) is 0 Å². The van der Waals surface area contributed by atoms with Crippen LogP contribution in [-0.2, 0) is 0 Å². The van der Waals surface area contributed by atoms with Crippen LogP contribution in [0.2, 0.25) is 0 Å². The molecule has 0 saturated heterocycles. The Morgan fingerprint density at radius 1 is 0.846 bits per heavy atom. The third-order valence-electron chi connectivity index (χ3n) is 3.81. The number of nitrogens with one attached hydrogen (secondary N) is 2. The van der Waals surface area contributed by atoms with Crippen LogP contribution in [0.15, 0.2) is 77.2 Å². The first kappa shape index (κ1) is 16.1. The van der Waals surface area contributed by atoms with Crippen molar-refractivity contribution in [2.45, 2.75) is 0 Å². The normalized spacial score (nSPS) is 10.6. The van der Waals surface area contributed by atoms with Gasteiger partial charge in [-0.1, -0.05) is 12.1 Å². The lowest BCUT2D eigenvalue weighted by molar-refractivity contribution is 0.475. The number of aromatic nitrogens is 1. The molecule has 0 amide bonds. The molecular weight excluding hydrogens is 346 g/mol. The highest BCUT2D eigenvalue weighted by Gasteiger charge is 2.08. The SMILES string of the molecule is Oc1ccc(NC(=S)Nc2ccc(-c3nc4ccccc4o3)cc2)cc1. The van der Waals surface area contributed by atoms with E-state index in [1.807, 2.05) is 48.5 Å². The minimum absolute atomic E-state index is 0.212. The summed E-state index contributed by atoms with van der Waals surface area (Å²) in [7, 11) is 0. The molecule has 0 spiro atoms. The molecule has 3 aromatic carbocycles. The Bertz CT molecular complexity index is 1020. The molecule has 1 heterocycles. The van der Waals surface area contributed by atoms with Crippen LogP contribution in [0.5, 0.6) is 5.75 Å². The van der Waals surface area contributed by atoms with E-state index in [1.165, 1.54) is 0 Å². The van der Waals surface area contributed by atoms with Crippen LogP contribution in [0.4, 0.5) is 11.4 Å². The lowest BCUT2D eigenvalue weighted by Crippen LogP contribution is -2.18. The molecule has 128 valence electrons. The topological polar surface area (TPSA) is 70.3 Å². The van der Waals surface area contributed by atoms with E-state index < -0.39 is 0 Å². The Labute approximate surface area is 155 Å². The second-order valence-corrected chi connectivity index (χ2v) is 6.10. The van der Waals surface area contributed by atoms with Crippen molar-refractivity contribution in [2.24, 2.45) is 0 Å². The monoisotopic (exact) mass is 361 g/mol. The van der Waals surface area contributed by atoms with Gasteiger partial charge in [-0.3, -0.25) is 0 Å². The first-order valence-electron chi connectivity index (χ1n) is 8.00. The number of oxazole rings is 1. The summed E-state index contributed by atoms with van der Waals surface area (Å²) in [4.78, 5) is 4.49. The highest BCUT2D eigenvalue weighted by atomic mass is 32.1. The molecule has 0 unspecified atom stereocenters. The van der Waals surface area contributed by atoms with Crippen molar-refractivity contribution in [2.75, 3.05) is 10.6 Å². The number of phenolic OH excluding ortho intramolecular Hbond substituents is 1. The molecule has 0 aliphatic carbocycles. The van der Waals surface area contributed by atoms with Crippen LogP contribution < -0.4 is 10.6 Å². The standard InChI is InChI=1S/C20H15N3O2S/c24-16-11-9-15(10-12-16)22-20(26)21-14-7-5-13(6-8-14)19-23-17-3-1-2-4-18(17)25-19/h1-12,24H,(H2,21,22,26). The maximum absolute atomic E-state index is 9.30. The van der Waals surface area contributed by atoms with Crippen molar-refractivity contribution in [1.29, 1.82) is 0 Å². The first-order valence-corrected chi connectivity index (χ1v) is 8.41. The van der Waals surface area contributed by atoms with E-state index in [9.17, 15) is 5.11 Å². The van der Waals surface area contributed by atoms with E-state index in [4.69, 9.17) is 16.6 Å². The van der Waals surface area contributed by atoms with Gasteiger partial charge in [0.15, 0.2) is 10.7 Å². The third kappa shape index (κ3) is 3.50. The fraction of sp³-hybridized carbons (Fsp3) is 0. The molecule has 0 aliphatic heterocycles. The van der Waals surface area contributed by atoms with E-state index in [0.717, 1.165) is 28.0 Å². The van der Waals surface area contributed by atoms with Crippen LogP contribution in [0.25, 0.3) is 22.6 Å². The summed E-state index contributed by atoms with van der Waals surface area (Å²) in [6.45, 7) is 0. The van der Waals surface area contributed by atoms with Crippen LogP contribution in [0.3, 0.4) is 0 Å². The average Bonchev–Trinajstić information content (AvgIpc) is 3.08. The maximum atomic E-state index is 9.30. The predicted molar refractivity (Wildman–Crippen MR) is 107 cm³/mol. The zero-order chi connectivity index (χ0) is 17.9. The predicted octanol–water partition coefficient (Wildman–Crippen LogP) is 5.01. The van der Waals surface area contributed by atoms with Crippen molar-refractivity contribution in [3.63, 3.8) is 0 Å². The molecule has 4 rings (SSSR count). The van der Waals surface area contributed by atoms with Gasteiger partial charge in [-0.05, 0) is 72.9 Å². The third-order valence-corrected chi connectivity index (χ3v) is 4.01. The summed E-state index contributed by atoms with van der Waals surface area (Å²) in [5, 5.41) is 15.9. The number of nitrogens with zero attached hydrogens (tertiary/aromatic N) is 1. The Balaban J connectivity index is 1.45. The first-order chi connectivity index (χ1) is 12.7. The number of rotatable bonds is 3. The van der Waals surface area contributed by atoms with E-state index in [1.54, 1.807) is 24.3 Å².